The highest BCUT2D eigenvalue weighted by Gasteiger charge is 1.81. The molecule has 4 heteroatoms. The first-order valence-corrected chi connectivity index (χ1v) is 2.34. The minimum Gasteiger partial charge on any atom is -0.403 e. The number of hydrogen-bond acceptors (Lipinski definition) is 3. The van der Waals surface area contributed by atoms with Gasteiger partial charge in [0.05, 0.1) is 10.9 Å². The van der Waals surface area contributed by atoms with Crippen LogP contribution in [0.2, 0.25) is 0 Å². The maximum absolute atomic E-state index is 5.36. The lowest BCUT2D eigenvalue weighted by atomic mass is 10.5. The Morgan fingerprint density at radius 1 is 1.38 bits per heavy atom. The van der Waals surface area contributed by atoms with Gasteiger partial charge in [-0.2, -0.15) is 0 Å². The first-order valence-electron chi connectivity index (χ1n) is 1.97. The van der Waals surface area contributed by atoms with Crippen molar-refractivity contribution in [2.45, 2.75) is 0 Å². The van der Waals surface area contributed by atoms with Crippen molar-refractivity contribution < 1.29 is 0 Å². The van der Waals surface area contributed by atoms with Crippen molar-refractivity contribution in [3.63, 3.8) is 0 Å². The van der Waals surface area contributed by atoms with Crippen molar-refractivity contribution in [3.05, 3.63) is 23.1 Å². The lowest BCUT2D eigenvalue weighted by Gasteiger charge is -1.87. The van der Waals surface area contributed by atoms with Gasteiger partial charge < -0.3 is 17.2 Å². The Balaban J connectivity index is 3.89. The summed E-state index contributed by atoms with van der Waals surface area (Å²) in [5.74, 6) is 0.150. The van der Waals surface area contributed by atoms with E-state index in [0.717, 1.165) is 0 Å². The first kappa shape index (κ1) is 7.17. The molecule has 0 unspecified atom stereocenters. The number of hydrogen-bond donors (Lipinski definition) is 3. The normalized spacial score (nSPS) is 10.9. The molecule has 0 atom stereocenters. The molecule has 0 radical (unpaired) electrons. The van der Waals surface area contributed by atoms with Gasteiger partial charge in [0.15, 0.2) is 0 Å². The van der Waals surface area contributed by atoms with E-state index in [1.54, 1.807) is 0 Å². The summed E-state index contributed by atoms with van der Waals surface area (Å²) in [5.41, 5.74) is 15.0. The van der Waals surface area contributed by atoms with Crippen LogP contribution in [0.25, 0.3) is 0 Å². The zero-order valence-electron chi connectivity index (χ0n) is 4.26. The Hall–Kier alpha value is -0.830. The van der Waals surface area contributed by atoms with Crippen LogP contribution in [0.3, 0.4) is 0 Å². The maximum Gasteiger partial charge on any atom is 0.0949 e. The minimum absolute atomic E-state index is 0.150. The summed E-state index contributed by atoms with van der Waals surface area (Å²) in [6.07, 6.45) is 2.57. The van der Waals surface area contributed by atoms with Crippen molar-refractivity contribution in [2.24, 2.45) is 17.2 Å². The van der Waals surface area contributed by atoms with E-state index < -0.39 is 0 Å². The van der Waals surface area contributed by atoms with Crippen LogP contribution in [-0.2, 0) is 0 Å². The van der Waals surface area contributed by atoms with E-state index in [1.807, 2.05) is 0 Å². The Morgan fingerprint density at radius 2 is 1.88 bits per heavy atom. The highest BCUT2D eigenvalue weighted by molar-refractivity contribution is 6.31. The molecule has 0 aliphatic carbocycles. The molecule has 0 saturated carbocycles. The van der Waals surface area contributed by atoms with E-state index in [-0.39, 0.29) is 5.82 Å². The molecule has 0 aromatic carbocycles. The van der Waals surface area contributed by atoms with Gasteiger partial charge in [-0.05, 0) is 6.08 Å². The second-order valence-electron chi connectivity index (χ2n) is 1.20. The third kappa shape index (κ3) is 3.36. The predicted molar refractivity (Wildman–Crippen MR) is 34.6 cm³/mol. The van der Waals surface area contributed by atoms with Crippen LogP contribution in [0.15, 0.2) is 23.1 Å². The van der Waals surface area contributed by atoms with Crippen LogP contribution in [0.1, 0.15) is 0 Å². The molecular formula is C4H8ClN3. The van der Waals surface area contributed by atoms with Crippen LogP contribution >= 0.6 is 11.6 Å². The number of allylic oxidation sites excluding steroid dienone is 2. The van der Waals surface area contributed by atoms with Gasteiger partial charge in [-0.15, -0.1) is 0 Å². The first-order chi connectivity index (χ1) is 3.66. The number of halogens is 1. The lowest BCUT2D eigenvalue weighted by molar-refractivity contribution is 1.25. The van der Waals surface area contributed by atoms with Crippen LogP contribution < -0.4 is 17.2 Å². The monoisotopic (exact) mass is 133 g/mol. The topological polar surface area (TPSA) is 78.1 Å². The number of nitrogens with two attached hydrogens (primary N) is 3. The van der Waals surface area contributed by atoms with Gasteiger partial charge in [0.25, 0.3) is 0 Å². The van der Waals surface area contributed by atoms with Crippen molar-refractivity contribution in [3.8, 4) is 0 Å². The summed E-state index contributed by atoms with van der Waals surface area (Å²) in [7, 11) is 0. The third-order valence-electron chi connectivity index (χ3n) is 0.464. The molecule has 3 nitrogen and oxygen atoms in total. The highest BCUT2D eigenvalue weighted by atomic mass is 35.5. The van der Waals surface area contributed by atoms with Crippen LogP contribution in [0.5, 0.6) is 0 Å². The summed E-state index contributed by atoms with van der Waals surface area (Å²) in [4.78, 5) is 0. The van der Waals surface area contributed by atoms with E-state index >= 15 is 0 Å². The maximum atomic E-state index is 5.36. The van der Waals surface area contributed by atoms with Crippen molar-refractivity contribution >= 4 is 11.6 Å². The molecule has 8 heavy (non-hydrogen) atoms. The molecular weight excluding hydrogens is 126 g/mol. The smallest absolute Gasteiger partial charge is 0.0949 e. The SMILES string of the molecule is N/C=C(/Cl)C=C(N)N. The molecule has 0 amide bonds. The minimum atomic E-state index is 0.150. The van der Waals surface area contributed by atoms with Gasteiger partial charge in [-0.25, -0.2) is 0 Å². The van der Waals surface area contributed by atoms with E-state index in [1.165, 1.54) is 12.3 Å². The average Bonchev–Trinajstić information content (AvgIpc) is 1.65. The summed E-state index contributed by atoms with van der Waals surface area (Å²) in [6, 6.07) is 0. The quantitative estimate of drug-likeness (QED) is 0.433. The van der Waals surface area contributed by atoms with Gasteiger partial charge in [0, 0.05) is 6.20 Å². The molecule has 0 aromatic heterocycles. The molecule has 6 N–H and O–H groups in total. The Bertz CT molecular complexity index is 123. The van der Waals surface area contributed by atoms with Gasteiger partial charge in [0.2, 0.25) is 0 Å². The lowest BCUT2D eigenvalue weighted by Crippen LogP contribution is -2.07. The fourth-order valence-electron chi connectivity index (χ4n) is 0.207. The van der Waals surface area contributed by atoms with Crippen molar-refractivity contribution in [2.75, 3.05) is 0 Å². The number of rotatable bonds is 1. The average molecular weight is 134 g/mol. The molecule has 0 rings (SSSR count). The largest absolute Gasteiger partial charge is 0.403 e. The molecule has 0 saturated heterocycles. The van der Waals surface area contributed by atoms with Crippen molar-refractivity contribution in [1.29, 1.82) is 0 Å². The molecule has 0 heterocycles. The molecule has 0 aliphatic heterocycles. The molecule has 0 aromatic rings. The van der Waals surface area contributed by atoms with Crippen LogP contribution in [0, 0.1) is 0 Å². The molecule has 46 valence electrons. The predicted octanol–water partition coefficient (Wildman–Crippen LogP) is -0.216. The van der Waals surface area contributed by atoms with E-state index in [9.17, 15) is 0 Å². The fraction of sp³-hybridized carbons (Fsp3) is 0. The second-order valence-corrected chi connectivity index (χ2v) is 1.63. The standard InChI is InChI=1S/C4H8ClN3/c5-3(2-6)1-4(7)8/h1-2H,6-8H2/b3-2+. The van der Waals surface area contributed by atoms with Gasteiger partial charge in [-0.1, -0.05) is 11.6 Å². The Morgan fingerprint density at radius 3 is 2.00 bits per heavy atom. The molecule has 0 aliphatic rings. The summed E-state index contributed by atoms with van der Waals surface area (Å²) in [6.45, 7) is 0. The second kappa shape index (κ2) is 3.21. The Labute approximate surface area is 52.8 Å². The van der Waals surface area contributed by atoms with Gasteiger partial charge in [0.1, 0.15) is 0 Å². The summed E-state index contributed by atoms with van der Waals surface area (Å²) in [5, 5.41) is 0.338. The van der Waals surface area contributed by atoms with E-state index in [4.69, 9.17) is 28.8 Å². The fourth-order valence-corrected chi connectivity index (χ4v) is 0.333. The van der Waals surface area contributed by atoms with E-state index in [0.29, 0.717) is 5.03 Å². The third-order valence-corrected chi connectivity index (χ3v) is 0.699. The van der Waals surface area contributed by atoms with Gasteiger partial charge in [-0.3, -0.25) is 0 Å². The molecule has 0 spiro atoms. The summed E-state index contributed by atoms with van der Waals surface area (Å²) >= 11 is 5.36. The molecule has 0 bridgehead atoms. The molecule has 0 fully saturated rings. The zero-order valence-corrected chi connectivity index (χ0v) is 5.02. The zero-order chi connectivity index (χ0) is 6.57. The highest BCUT2D eigenvalue weighted by Crippen LogP contribution is 1.98. The van der Waals surface area contributed by atoms with Crippen LogP contribution in [-0.4, -0.2) is 0 Å². The Kier molecular flexibility index (Phi) is 2.88. The van der Waals surface area contributed by atoms with Crippen LogP contribution in [0.4, 0.5) is 0 Å². The van der Waals surface area contributed by atoms with E-state index in [2.05, 4.69) is 0 Å². The summed E-state index contributed by atoms with van der Waals surface area (Å²) < 4.78 is 0. The van der Waals surface area contributed by atoms with Crippen molar-refractivity contribution in [1.82, 2.24) is 0 Å². The van der Waals surface area contributed by atoms with Gasteiger partial charge >= 0.3 is 0 Å².